The van der Waals surface area contributed by atoms with Crippen LogP contribution in [0.5, 0.6) is 5.75 Å². The Hall–Kier alpha value is -3.54. The lowest BCUT2D eigenvalue weighted by atomic mass is 9.89. The van der Waals surface area contributed by atoms with Crippen molar-refractivity contribution in [2.45, 2.75) is 45.6 Å². The van der Waals surface area contributed by atoms with Gasteiger partial charge in [0.05, 0.1) is 17.7 Å². The summed E-state index contributed by atoms with van der Waals surface area (Å²) in [5, 5.41) is 5.26. The number of piperidine rings is 1. The lowest BCUT2D eigenvalue weighted by Crippen LogP contribution is -2.38. The number of ether oxygens (including phenoxy) is 1. The molecule has 2 aromatic carbocycles. The number of likely N-dealkylation sites (tertiary alicyclic amines) is 1. The van der Waals surface area contributed by atoms with E-state index in [2.05, 4.69) is 40.6 Å². The molecule has 1 N–H and O–H groups in total. The molecule has 6 heteroatoms. The predicted octanol–water partition coefficient (Wildman–Crippen LogP) is 5.30. The molecule has 3 heterocycles. The van der Waals surface area contributed by atoms with Gasteiger partial charge in [-0.2, -0.15) is 0 Å². The van der Waals surface area contributed by atoms with Gasteiger partial charge in [0.25, 0.3) is 0 Å². The van der Waals surface area contributed by atoms with E-state index in [4.69, 9.17) is 9.26 Å². The Morgan fingerprint density at radius 3 is 2.61 bits per heavy atom. The highest BCUT2D eigenvalue weighted by Crippen LogP contribution is 2.33. The number of carbonyl (C=O) groups excluding carboxylic acids is 1. The number of aromatic amines is 1. The Bertz CT molecular complexity index is 1230. The Labute approximate surface area is 193 Å². The van der Waals surface area contributed by atoms with Crippen LogP contribution in [0.1, 0.15) is 46.9 Å². The number of aryl methyl sites for hydroxylation is 2. The molecule has 1 amide bonds. The quantitative estimate of drug-likeness (QED) is 0.439. The van der Waals surface area contributed by atoms with Crippen molar-refractivity contribution in [2.75, 3.05) is 13.1 Å². The monoisotopic (exact) mass is 443 g/mol. The maximum atomic E-state index is 12.9. The Morgan fingerprint density at radius 2 is 1.88 bits per heavy atom. The van der Waals surface area contributed by atoms with Crippen LogP contribution in [0.25, 0.3) is 10.9 Å². The number of nitrogens with zero attached hydrogens (tertiary/aromatic N) is 2. The first kappa shape index (κ1) is 21.3. The topological polar surface area (TPSA) is 71.4 Å². The van der Waals surface area contributed by atoms with E-state index in [1.165, 1.54) is 16.5 Å². The third-order valence-corrected chi connectivity index (χ3v) is 6.75. The summed E-state index contributed by atoms with van der Waals surface area (Å²) in [6.07, 6.45) is 4.56. The molecule has 0 radical (unpaired) electrons. The van der Waals surface area contributed by atoms with Gasteiger partial charge >= 0.3 is 0 Å². The van der Waals surface area contributed by atoms with Crippen LogP contribution in [0.15, 0.2) is 59.3 Å². The van der Waals surface area contributed by atoms with Gasteiger partial charge in [-0.1, -0.05) is 35.5 Å². The molecule has 0 atom stereocenters. The Kier molecular flexibility index (Phi) is 5.90. The van der Waals surface area contributed by atoms with Crippen molar-refractivity contribution in [3.63, 3.8) is 0 Å². The van der Waals surface area contributed by atoms with E-state index >= 15 is 0 Å². The second-order valence-corrected chi connectivity index (χ2v) is 8.86. The fraction of sp³-hybridized carbons (Fsp3) is 0.333. The number of hydrogen-bond acceptors (Lipinski definition) is 4. The number of benzene rings is 2. The summed E-state index contributed by atoms with van der Waals surface area (Å²) in [6, 6.07) is 16.2. The van der Waals surface area contributed by atoms with Crippen molar-refractivity contribution < 1.29 is 14.1 Å². The molecule has 2 aromatic heterocycles. The van der Waals surface area contributed by atoms with Crippen molar-refractivity contribution in [2.24, 2.45) is 0 Å². The number of rotatable bonds is 6. The second-order valence-electron chi connectivity index (χ2n) is 8.86. The van der Waals surface area contributed by atoms with Gasteiger partial charge in [-0.15, -0.1) is 0 Å². The molecule has 170 valence electrons. The third-order valence-electron chi connectivity index (χ3n) is 6.75. The van der Waals surface area contributed by atoms with Crippen LogP contribution >= 0.6 is 0 Å². The molecule has 6 nitrogen and oxygen atoms in total. The van der Waals surface area contributed by atoms with Crippen molar-refractivity contribution in [1.29, 1.82) is 0 Å². The summed E-state index contributed by atoms with van der Waals surface area (Å²) >= 11 is 0. The summed E-state index contributed by atoms with van der Waals surface area (Å²) < 4.78 is 11.0. The number of carbonyl (C=O) groups is 1. The van der Waals surface area contributed by atoms with Gasteiger partial charge in [-0.05, 0) is 61.9 Å². The van der Waals surface area contributed by atoms with E-state index in [-0.39, 0.29) is 5.91 Å². The van der Waals surface area contributed by atoms with E-state index in [1.54, 1.807) is 0 Å². The van der Waals surface area contributed by atoms with Crippen LogP contribution in [-0.4, -0.2) is 34.0 Å². The normalized spacial score (nSPS) is 14.7. The third kappa shape index (κ3) is 4.51. The average Bonchev–Trinajstić information content (AvgIpc) is 3.41. The number of nitrogens with one attached hydrogen (secondary N) is 1. The molecule has 0 bridgehead atoms. The minimum Gasteiger partial charge on any atom is -0.489 e. The van der Waals surface area contributed by atoms with Crippen LogP contribution in [0.2, 0.25) is 0 Å². The van der Waals surface area contributed by atoms with E-state index < -0.39 is 0 Å². The molecular formula is C27H29N3O3. The van der Waals surface area contributed by atoms with Gasteiger partial charge in [0.2, 0.25) is 5.91 Å². The van der Waals surface area contributed by atoms with Crippen LogP contribution < -0.4 is 4.74 Å². The summed E-state index contributed by atoms with van der Waals surface area (Å²) in [4.78, 5) is 18.3. The summed E-state index contributed by atoms with van der Waals surface area (Å²) in [6.45, 7) is 5.83. The fourth-order valence-electron chi connectivity index (χ4n) is 4.73. The van der Waals surface area contributed by atoms with E-state index in [0.29, 0.717) is 18.9 Å². The maximum absolute atomic E-state index is 12.9. The summed E-state index contributed by atoms with van der Waals surface area (Å²) in [7, 11) is 0. The van der Waals surface area contributed by atoms with E-state index in [0.717, 1.165) is 54.3 Å². The molecule has 5 rings (SSSR count). The fourth-order valence-corrected chi connectivity index (χ4v) is 4.73. The minimum absolute atomic E-state index is 0.191. The molecule has 0 spiro atoms. The largest absolute Gasteiger partial charge is 0.489 e. The van der Waals surface area contributed by atoms with Crippen LogP contribution in [0.3, 0.4) is 0 Å². The van der Waals surface area contributed by atoms with Crippen LogP contribution in [-0.2, 0) is 17.8 Å². The Balaban J connectivity index is 1.13. The lowest BCUT2D eigenvalue weighted by molar-refractivity contribution is -0.131. The SMILES string of the molecule is Cc1noc(C)c1COc1ccc(CC(=O)N2CCC(c3c[nH]c4ccccc34)CC2)cc1. The highest BCUT2D eigenvalue weighted by molar-refractivity contribution is 5.84. The van der Waals surface area contributed by atoms with E-state index in [9.17, 15) is 4.79 Å². The zero-order chi connectivity index (χ0) is 22.8. The minimum atomic E-state index is 0.191. The zero-order valence-electron chi connectivity index (χ0n) is 19.1. The first-order valence-electron chi connectivity index (χ1n) is 11.6. The van der Waals surface area contributed by atoms with Gasteiger partial charge in [-0.3, -0.25) is 4.79 Å². The number of hydrogen-bond donors (Lipinski definition) is 1. The van der Waals surface area contributed by atoms with Crippen LogP contribution in [0.4, 0.5) is 0 Å². The van der Waals surface area contributed by atoms with Gasteiger partial charge in [0.1, 0.15) is 18.1 Å². The number of aromatic nitrogens is 2. The summed E-state index contributed by atoms with van der Waals surface area (Å²) in [5.74, 6) is 2.24. The number of fused-ring (bicyclic) bond motifs is 1. The molecular weight excluding hydrogens is 414 g/mol. The zero-order valence-corrected chi connectivity index (χ0v) is 19.1. The highest BCUT2D eigenvalue weighted by Gasteiger charge is 2.25. The standard InChI is InChI=1S/C27H29N3O3/c1-18-25(19(2)33-29-18)17-32-22-9-7-20(8-10-22)15-27(31)30-13-11-21(12-14-30)24-16-28-26-6-4-3-5-23(24)26/h3-10,16,21,28H,11-15,17H2,1-2H3. The Morgan fingerprint density at radius 1 is 1.12 bits per heavy atom. The first-order valence-corrected chi connectivity index (χ1v) is 11.6. The molecule has 0 unspecified atom stereocenters. The van der Waals surface area contributed by atoms with Gasteiger partial charge in [0, 0.05) is 30.2 Å². The van der Waals surface area contributed by atoms with Crippen LogP contribution in [0, 0.1) is 13.8 Å². The number of para-hydroxylation sites is 1. The molecule has 1 aliphatic rings. The molecule has 4 aromatic rings. The van der Waals surface area contributed by atoms with Crippen molar-refractivity contribution >= 4 is 16.8 Å². The summed E-state index contributed by atoms with van der Waals surface area (Å²) in [5.41, 5.74) is 5.40. The molecule has 33 heavy (non-hydrogen) atoms. The average molecular weight is 444 g/mol. The second kappa shape index (κ2) is 9.14. The molecule has 0 aliphatic carbocycles. The predicted molar refractivity (Wildman–Crippen MR) is 127 cm³/mol. The smallest absolute Gasteiger partial charge is 0.226 e. The van der Waals surface area contributed by atoms with Crippen molar-refractivity contribution in [1.82, 2.24) is 15.0 Å². The molecule has 1 fully saturated rings. The number of amides is 1. The van der Waals surface area contributed by atoms with E-state index in [1.807, 2.05) is 43.0 Å². The maximum Gasteiger partial charge on any atom is 0.226 e. The van der Waals surface area contributed by atoms with Gasteiger partial charge < -0.3 is 19.1 Å². The van der Waals surface area contributed by atoms with Crippen molar-refractivity contribution in [3.05, 3.63) is 82.9 Å². The molecule has 1 saturated heterocycles. The van der Waals surface area contributed by atoms with Gasteiger partial charge in [0.15, 0.2) is 0 Å². The van der Waals surface area contributed by atoms with Gasteiger partial charge in [-0.25, -0.2) is 0 Å². The number of H-pyrrole nitrogens is 1. The molecule has 0 saturated carbocycles. The van der Waals surface area contributed by atoms with Crippen molar-refractivity contribution in [3.8, 4) is 5.75 Å². The molecule has 1 aliphatic heterocycles. The lowest BCUT2D eigenvalue weighted by Gasteiger charge is -2.32. The highest BCUT2D eigenvalue weighted by atomic mass is 16.5. The first-order chi connectivity index (χ1) is 16.1.